The number of carbonyl (C=O) groups is 3. The van der Waals surface area contributed by atoms with Crippen LogP contribution in [0.15, 0.2) is 42.5 Å². The molecule has 1 aliphatic carbocycles. The van der Waals surface area contributed by atoms with Crippen LogP contribution in [0.5, 0.6) is 0 Å². The van der Waals surface area contributed by atoms with Gasteiger partial charge in [-0.05, 0) is 24.1 Å². The van der Waals surface area contributed by atoms with Gasteiger partial charge in [0, 0.05) is 25.0 Å². The molecule has 5 amide bonds. The fraction of sp³-hybridized carbons (Fsp3) is 0.348. The van der Waals surface area contributed by atoms with Crippen molar-refractivity contribution in [1.82, 2.24) is 14.7 Å². The number of anilines is 1. The second-order valence-electron chi connectivity index (χ2n) is 8.71. The van der Waals surface area contributed by atoms with Gasteiger partial charge in [0.05, 0.1) is 27.8 Å². The minimum atomic E-state index is -4.64. The Labute approximate surface area is 208 Å². The normalized spacial score (nSPS) is 24.0. The van der Waals surface area contributed by atoms with Crippen LogP contribution >= 0.6 is 23.2 Å². The number of hydrogen-bond donors (Lipinski definition) is 1. The average molecular weight is 527 g/mol. The van der Waals surface area contributed by atoms with Crippen molar-refractivity contribution in [3.63, 3.8) is 0 Å². The molecule has 2 aromatic rings. The third-order valence-electron chi connectivity index (χ3n) is 6.56. The number of nitrogens with one attached hydrogen (secondary N) is 1. The molecule has 2 saturated heterocycles. The predicted molar refractivity (Wildman–Crippen MR) is 122 cm³/mol. The number of benzene rings is 2. The summed E-state index contributed by atoms with van der Waals surface area (Å²) < 4.78 is 38.9. The van der Waals surface area contributed by atoms with Gasteiger partial charge in [-0.2, -0.15) is 13.2 Å². The van der Waals surface area contributed by atoms with Gasteiger partial charge in [-0.1, -0.05) is 53.5 Å². The van der Waals surface area contributed by atoms with Crippen LogP contribution in [0.3, 0.4) is 0 Å². The predicted octanol–water partition coefficient (Wildman–Crippen LogP) is 5.05. The van der Waals surface area contributed by atoms with Crippen LogP contribution in [0.4, 0.5) is 28.4 Å². The first-order chi connectivity index (χ1) is 16.6. The van der Waals surface area contributed by atoms with E-state index in [9.17, 15) is 27.6 Å². The zero-order valence-electron chi connectivity index (χ0n) is 18.1. The molecule has 0 bridgehead atoms. The van der Waals surface area contributed by atoms with Gasteiger partial charge < -0.3 is 15.1 Å². The Morgan fingerprint density at radius 3 is 2.31 bits per heavy atom. The van der Waals surface area contributed by atoms with E-state index in [1.165, 1.54) is 14.7 Å². The standard InChI is InChI=1S/C23H19Cl2F3N4O3/c24-15-8-13(23(26,27)28)9-16(25)19(15)29-21(34)30-6-7-31-18(11-30)20(33)32(22(31)35)17-10-14(17)12-4-2-1-3-5-12/h1-5,8-9,14,17-18H,6-7,10-11H2,(H,29,34)/t14-,17+,18?/m1/s1. The first kappa shape index (κ1) is 23.7. The molecule has 0 radical (unpaired) electrons. The molecule has 3 fully saturated rings. The van der Waals surface area contributed by atoms with E-state index < -0.39 is 23.8 Å². The van der Waals surface area contributed by atoms with Gasteiger partial charge in [-0.25, -0.2) is 9.59 Å². The number of nitrogens with zero attached hydrogens (tertiary/aromatic N) is 3. The highest BCUT2D eigenvalue weighted by Gasteiger charge is 2.56. The van der Waals surface area contributed by atoms with E-state index in [0.29, 0.717) is 18.6 Å². The van der Waals surface area contributed by atoms with Crippen molar-refractivity contribution in [3.05, 3.63) is 63.6 Å². The molecule has 2 heterocycles. The Morgan fingerprint density at radius 2 is 1.69 bits per heavy atom. The first-order valence-corrected chi connectivity index (χ1v) is 11.6. The average Bonchev–Trinajstić information content (AvgIpc) is 3.56. The fourth-order valence-corrected chi connectivity index (χ4v) is 5.26. The van der Waals surface area contributed by atoms with Crippen LogP contribution in [-0.4, -0.2) is 64.4 Å². The van der Waals surface area contributed by atoms with Gasteiger partial charge in [-0.3, -0.25) is 9.69 Å². The monoisotopic (exact) mass is 526 g/mol. The summed E-state index contributed by atoms with van der Waals surface area (Å²) in [5.74, 6) is -0.268. The van der Waals surface area contributed by atoms with Crippen LogP contribution in [-0.2, 0) is 11.0 Å². The van der Waals surface area contributed by atoms with E-state index >= 15 is 0 Å². The number of rotatable bonds is 3. The number of alkyl halides is 3. The summed E-state index contributed by atoms with van der Waals surface area (Å²) in [7, 11) is 0. The zero-order valence-corrected chi connectivity index (χ0v) is 19.6. The lowest BCUT2D eigenvalue weighted by Crippen LogP contribution is -2.55. The van der Waals surface area contributed by atoms with Gasteiger partial charge in [0.2, 0.25) is 0 Å². The molecular weight excluding hydrogens is 508 g/mol. The second-order valence-corrected chi connectivity index (χ2v) is 9.52. The Morgan fingerprint density at radius 1 is 1.03 bits per heavy atom. The molecule has 1 unspecified atom stereocenters. The molecule has 0 aromatic heterocycles. The minimum absolute atomic E-state index is 0.0501. The molecule has 5 rings (SSSR count). The molecule has 3 aliphatic rings. The second kappa shape index (κ2) is 8.60. The quantitative estimate of drug-likeness (QED) is 0.569. The molecule has 3 atom stereocenters. The van der Waals surface area contributed by atoms with E-state index in [0.717, 1.165) is 5.56 Å². The maximum absolute atomic E-state index is 13.1. The maximum Gasteiger partial charge on any atom is 0.416 e. The summed E-state index contributed by atoms with van der Waals surface area (Å²) in [6.07, 6.45) is -3.95. The Balaban J connectivity index is 1.27. The van der Waals surface area contributed by atoms with Crippen LogP contribution in [0.1, 0.15) is 23.5 Å². The lowest BCUT2D eigenvalue weighted by Gasteiger charge is -2.35. The van der Waals surface area contributed by atoms with Crippen LogP contribution < -0.4 is 5.32 Å². The van der Waals surface area contributed by atoms with Crippen molar-refractivity contribution in [3.8, 4) is 0 Å². The summed E-state index contributed by atoms with van der Waals surface area (Å²) >= 11 is 11.9. The van der Waals surface area contributed by atoms with Crippen LogP contribution in [0, 0.1) is 0 Å². The molecular formula is C23H19Cl2F3N4O3. The third kappa shape index (κ3) is 4.29. The highest BCUT2D eigenvalue weighted by molar-refractivity contribution is 6.39. The van der Waals surface area contributed by atoms with Crippen molar-refractivity contribution >= 4 is 46.9 Å². The molecule has 2 aliphatic heterocycles. The molecule has 35 heavy (non-hydrogen) atoms. The smallest absolute Gasteiger partial charge is 0.320 e. The number of halogens is 5. The fourth-order valence-electron chi connectivity index (χ4n) is 4.67. The Hall–Kier alpha value is -2.98. The highest BCUT2D eigenvalue weighted by Crippen LogP contribution is 2.47. The number of hydrogen-bond acceptors (Lipinski definition) is 3. The molecule has 184 valence electrons. The number of fused-ring (bicyclic) bond motifs is 1. The minimum Gasteiger partial charge on any atom is -0.320 e. The summed E-state index contributed by atoms with van der Waals surface area (Å²) in [5, 5.41) is 1.71. The molecule has 12 heteroatoms. The van der Waals surface area contributed by atoms with Gasteiger partial charge in [-0.15, -0.1) is 0 Å². The van der Waals surface area contributed by atoms with E-state index in [1.807, 2.05) is 30.3 Å². The van der Waals surface area contributed by atoms with E-state index in [1.54, 1.807) is 0 Å². The van der Waals surface area contributed by atoms with Crippen LogP contribution in [0.25, 0.3) is 0 Å². The van der Waals surface area contributed by atoms with Gasteiger partial charge in [0.1, 0.15) is 6.04 Å². The van der Waals surface area contributed by atoms with E-state index in [2.05, 4.69) is 5.32 Å². The number of carbonyl (C=O) groups excluding carboxylic acids is 3. The summed E-state index contributed by atoms with van der Waals surface area (Å²) in [5.41, 5.74) is -0.134. The Bertz CT molecular complexity index is 1190. The largest absolute Gasteiger partial charge is 0.416 e. The number of amides is 5. The molecule has 1 saturated carbocycles. The maximum atomic E-state index is 13.1. The van der Waals surface area contributed by atoms with Crippen molar-refractivity contribution in [2.45, 2.75) is 30.6 Å². The third-order valence-corrected chi connectivity index (χ3v) is 7.16. The number of urea groups is 2. The van der Waals surface area contributed by atoms with Crippen molar-refractivity contribution in [2.75, 3.05) is 25.0 Å². The van der Waals surface area contributed by atoms with Crippen LogP contribution in [0.2, 0.25) is 10.0 Å². The van der Waals surface area contributed by atoms with Crippen molar-refractivity contribution in [2.24, 2.45) is 0 Å². The zero-order chi connectivity index (χ0) is 25.1. The van der Waals surface area contributed by atoms with Crippen molar-refractivity contribution < 1.29 is 27.6 Å². The first-order valence-electron chi connectivity index (χ1n) is 10.9. The topological polar surface area (TPSA) is 73.0 Å². The molecule has 1 N–H and O–H groups in total. The summed E-state index contributed by atoms with van der Waals surface area (Å²) in [4.78, 5) is 43.0. The number of piperazine rings is 1. The lowest BCUT2D eigenvalue weighted by molar-refractivity contribution is -0.137. The Kier molecular flexibility index (Phi) is 5.83. The SMILES string of the molecule is O=C(Nc1c(Cl)cc(C(F)(F)F)cc1Cl)N1CCN2C(=O)N([C@H]3C[C@@H]3c3ccccc3)C(=O)C2C1. The van der Waals surface area contributed by atoms with Gasteiger partial charge in [0.15, 0.2) is 0 Å². The molecule has 0 spiro atoms. The van der Waals surface area contributed by atoms with E-state index in [4.69, 9.17) is 23.2 Å². The number of imide groups is 1. The lowest BCUT2D eigenvalue weighted by atomic mass is 10.1. The van der Waals surface area contributed by atoms with Gasteiger partial charge >= 0.3 is 18.2 Å². The summed E-state index contributed by atoms with van der Waals surface area (Å²) in [6.45, 7) is 0.236. The highest BCUT2D eigenvalue weighted by atomic mass is 35.5. The van der Waals surface area contributed by atoms with E-state index in [-0.39, 0.29) is 59.3 Å². The summed E-state index contributed by atoms with van der Waals surface area (Å²) in [6, 6.07) is 8.93. The molecule has 7 nitrogen and oxygen atoms in total. The van der Waals surface area contributed by atoms with Gasteiger partial charge in [0.25, 0.3) is 5.91 Å². The molecule has 2 aromatic carbocycles. The van der Waals surface area contributed by atoms with Crippen molar-refractivity contribution in [1.29, 1.82) is 0 Å².